The van der Waals surface area contributed by atoms with E-state index in [1.165, 1.54) is 5.56 Å². The lowest BCUT2D eigenvalue weighted by molar-refractivity contribution is 0.0498. The molecule has 0 aliphatic heterocycles. The number of hydrogen-bond donors (Lipinski definition) is 1. The predicted octanol–water partition coefficient (Wildman–Crippen LogP) is 5.31. The van der Waals surface area contributed by atoms with Crippen molar-refractivity contribution in [1.82, 2.24) is 0 Å². The number of aryl methyl sites for hydroxylation is 1. The minimum Gasteiger partial charge on any atom is -0.462 e. The van der Waals surface area contributed by atoms with Gasteiger partial charge in [0, 0.05) is 0 Å². The van der Waals surface area contributed by atoms with Crippen LogP contribution in [0.15, 0.2) is 24.3 Å². The summed E-state index contributed by atoms with van der Waals surface area (Å²) >= 11 is 4.18. The van der Waals surface area contributed by atoms with Crippen molar-refractivity contribution in [2.24, 2.45) is 5.41 Å². The molecule has 0 spiro atoms. The highest BCUT2D eigenvalue weighted by Gasteiger charge is 2.11. The first-order chi connectivity index (χ1) is 10.4. The van der Waals surface area contributed by atoms with Gasteiger partial charge in [0.1, 0.15) is 0 Å². The Balaban J connectivity index is 2.31. The second-order valence-electron chi connectivity index (χ2n) is 7.03. The average molecular weight is 323 g/mol. The molecular formula is C19H30O2S. The Morgan fingerprint density at radius 1 is 1.05 bits per heavy atom. The normalized spacial score (nSPS) is 11.5. The van der Waals surface area contributed by atoms with E-state index < -0.39 is 0 Å². The van der Waals surface area contributed by atoms with E-state index in [0.717, 1.165) is 44.3 Å². The van der Waals surface area contributed by atoms with Crippen molar-refractivity contribution in [3.8, 4) is 0 Å². The molecular weight excluding hydrogens is 292 g/mol. The van der Waals surface area contributed by atoms with E-state index >= 15 is 0 Å². The topological polar surface area (TPSA) is 26.3 Å². The van der Waals surface area contributed by atoms with Gasteiger partial charge in [-0.05, 0) is 54.5 Å². The molecule has 0 aliphatic carbocycles. The highest BCUT2D eigenvalue weighted by Crippen LogP contribution is 2.21. The molecule has 0 atom stereocenters. The van der Waals surface area contributed by atoms with Gasteiger partial charge < -0.3 is 4.74 Å². The predicted molar refractivity (Wildman–Crippen MR) is 96.8 cm³/mol. The number of unbranched alkanes of at least 4 members (excludes halogenated alkanes) is 3. The first-order valence-electron chi connectivity index (χ1n) is 8.29. The fraction of sp³-hybridized carbons (Fsp3) is 0.632. The molecule has 0 heterocycles. The molecule has 124 valence electrons. The van der Waals surface area contributed by atoms with Crippen LogP contribution >= 0.6 is 12.6 Å². The van der Waals surface area contributed by atoms with Crippen LogP contribution in [-0.2, 0) is 11.2 Å². The molecule has 0 aliphatic rings. The second-order valence-corrected chi connectivity index (χ2v) is 7.48. The molecule has 0 radical (unpaired) electrons. The van der Waals surface area contributed by atoms with Crippen LogP contribution in [0, 0.1) is 5.41 Å². The van der Waals surface area contributed by atoms with Crippen LogP contribution in [0.2, 0.25) is 0 Å². The Hall–Kier alpha value is -0.960. The summed E-state index contributed by atoms with van der Waals surface area (Å²) in [5.74, 6) is 0.720. The van der Waals surface area contributed by atoms with Gasteiger partial charge in [0.2, 0.25) is 0 Å². The van der Waals surface area contributed by atoms with Gasteiger partial charge in [-0.2, -0.15) is 12.6 Å². The van der Waals surface area contributed by atoms with E-state index in [-0.39, 0.29) is 5.97 Å². The molecule has 0 saturated carbocycles. The van der Waals surface area contributed by atoms with Gasteiger partial charge in [-0.1, -0.05) is 45.7 Å². The number of ether oxygens (including phenoxy) is 1. The van der Waals surface area contributed by atoms with Crippen molar-refractivity contribution in [2.75, 3.05) is 12.4 Å². The van der Waals surface area contributed by atoms with Gasteiger partial charge in [-0.15, -0.1) is 0 Å². The fourth-order valence-electron chi connectivity index (χ4n) is 2.14. The molecule has 1 aromatic rings. The SMILES string of the molecule is CC(C)(C)CCc1ccc(C(=O)OCCCCCCS)cc1. The third kappa shape index (κ3) is 8.47. The van der Waals surface area contributed by atoms with Gasteiger partial charge >= 0.3 is 5.97 Å². The maximum Gasteiger partial charge on any atom is 0.338 e. The summed E-state index contributed by atoms with van der Waals surface area (Å²) in [6.45, 7) is 7.25. The van der Waals surface area contributed by atoms with Crippen LogP contribution in [0.25, 0.3) is 0 Å². The van der Waals surface area contributed by atoms with Crippen molar-refractivity contribution in [3.63, 3.8) is 0 Å². The number of hydrogen-bond acceptors (Lipinski definition) is 3. The van der Waals surface area contributed by atoms with Crippen molar-refractivity contribution < 1.29 is 9.53 Å². The summed E-state index contributed by atoms with van der Waals surface area (Å²) < 4.78 is 5.30. The fourth-order valence-corrected chi connectivity index (χ4v) is 2.37. The number of esters is 1. The van der Waals surface area contributed by atoms with Crippen LogP contribution in [0.5, 0.6) is 0 Å². The molecule has 0 saturated heterocycles. The lowest BCUT2D eigenvalue weighted by atomic mass is 9.88. The van der Waals surface area contributed by atoms with E-state index in [1.54, 1.807) is 0 Å². The summed E-state index contributed by atoms with van der Waals surface area (Å²) in [5, 5.41) is 0. The van der Waals surface area contributed by atoms with Gasteiger partial charge in [0.25, 0.3) is 0 Å². The van der Waals surface area contributed by atoms with E-state index in [2.05, 4.69) is 33.4 Å². The third-order valence-corrected chi connectivity index (χ3v) is 3.96. The molecule has 0 amide bonds. The average Bonchev–Trinajstić information content (AvgIpc) is 2.48. The van der Waals surface area contributed by atoms with Crippen LogP contribution in [-0.4, -0.2) is 18.3 Å². The van der Waals surface area contributed by atoms with Crippen molar-refractivity contribution >= 4 is 18.6 Å². The Morgan fingerprint density at radius 3 is 2.27 bits per heavy atom. The quantitative estimate of drug-likeness (QED) is 0.379. The summed E-state index contributed by atoms with van der Waals surface area (Å²) in [5.41, 5.74) is 2.26. The molecule has 1 rings (SSSR count). The molecule has 1 aromatic carbocycles. The molecule has 2 nitrogen and oxygen atoms in total. The Morgan fingerprint density at radius 2 is 1.68 bits per heavy atom. The molecule has 22 heavy (non-hydrogen) atoms. The summed E-state index contributed by atoms with van der Waals surface area (Å²) in [4.78, 5) is 11.9. The first-order valence-corrected chi connectivity index (χ1v) is 8.92. The van der Waals surface area contributed by atoms with Crippen LogP contribution in [0.3, 0.4) is 0 Å². The smallest absolute Gasteiger partial charge is 0.338 e. The summed E-state index contributed by atoms with van der Waals surface area (Å²) in [6.07, 6.45) is 6.51. The maximum atomic E-state index is 11.9. The van der Waals surface area contributed by atoms with Gasteiger partial charge in [-0.25, -0.2) is 4.79 Å². The molecule has 0 aromatic heterocycles. The van der Waals surface area contributed by atoms with E-state index in [4.69, 9.17) is 4.74 Å². The summed E-state index contributed by atoms with van der Waals surface area (Å²) in [7, 11) is 0. The third-order valence-electron chi connectivity index (χ3n) is 3.64. The van der Waals surface area contributed by atoms with Crippen LogP contribution in [0.1, 0.15) is 68.8 Å². The minimum absolute atomic E-state index is 0.212. The number of rotatable bonds is 9. The number of thiol groups is 1. The van der Waals surface area contributed by atoms with Crippen molar-refractivity contribution in [1.29, 1.82) is 0 Å². The highest BCUT2D eigenvalue weighted by atomic mass is 32.1. The minimum atomic E-state index is -0.212. The molecule has 0 bridgehead atoms. The molecule has 0 fully saturated rings. The number of carbonyl (C=O) groups is 1. The number of benzene rings is 1. The zero-order valence-corrected chi connectivity index (χ0v) is 15.1. The number of carbonyl (C=O) groups excluding carboxylic acids is 1. The monoisotopic (exact) mass is 322 g/mol. The highest BCUT2D eigenvalue weighted by molar-refractivity contribution is 7.80. The van der Waals surface area contributed by atoms with Crippen LogP contribution in [0.4, 0.5) is 0 Å². The Labute approximate surface area is 141 Å². The van der Waals surface area contributed by atoms with E-state index in [0.29, 0.717) is 17.6 Å². The lowest BCUT2D eigenvalue weighted by Gasteiger charge is -2.17. The molecule has 0 N–H and O–H groups in total. The maximum absolute atomic E-state index is 11.9. The Kier molecular flexibility index (Phi) is 8.62. The van der Waals surface area contributed by atoms with Crippen molar-refractivity contribution in [3.05, 3.63) is 35.4 Å². The van der Waals surface area contributed by atoms with E-state index in [1.807, 2.05) is 24.3 Å². The molecule has 0 unspecified atom stereocenters. The Bertz CT molecular complexity index is 432. The van der Waals surface area contributed by atoms with Crippen molar-refractivity contribution in [2.45, 2.75) is 59.3 Å². The van der Waals surface area contributed by atoms with Gasteiger partial charge in [0.15, 0.2) is 0 Å². The lowest BCUT2D eigenvalue weighted by Crippen LogP contribution is -2.08. The van der Waals surface area contributed by atoms with Gasteiger partial charge in [0.05, 0.1) is 12.2 Å². The largest absolute Gasteiger partial charge is 0.462 e. The first kappa shape index (κ1) is 19.1. The standard InChI is InChI=1S/C19H30O2S/c1-19(2,3)13-12-16-8-10-17(11-9-16)18(20)21-14-6-4-5-7-15-22/h8-11,22H,4-7,12-15H2,1-3H3. The molecule has 3 heteroatoms. The van der Waals surface area contributed by atoms with Crippen LogP contribution < -0.4 is 0 Å². The van der Waals surface area contributed by atoms with E-state index in [9.17, 15) is 4.79 Å². The zero-order chi connectivity index (χ0) is 16.4. The second kappa shape index (κ2) is 9.94. The summed E-state index contributed by atoms with van der Waals surface area (Å²) in [6, 6.07) is 7.83. The zero-order valence-electron chi connectivity index (χ0n) is 14.2. The van der Waals surface area contributed by atoms with Gasteiger partial charge in [-0.3, -0.25) is 0 Å².